The van der Waals surface area contributed by atoms with Crippen molar-refractivity contribution in [2.75, 3.05) is 18.4 Å². The SMILES string of the molecule is NCCC[C@@H](N)C(=O)N1C[C@@H](NC(=O)CCCc2ccccc2)C[C@H]1C(=O)Nc1ccc2c(c1)CCC2. The van der Waals surface area contributed by atoms with E-state index in [4.69, 9.17) is 11.5 Å². The Balaban J connectivity index is 1.38. The zero-order valence-electron chi connectivity index (χ0n) is 21.5. The van der Waals surface area contributed by atoms with Crippen LogP contribution in [-0.4, -0.2) is 53.8 Å². The Morgan fingerprint density at radius 1 is 1.03 bits per heavy atom. The highest BCUT2D eigenvalue weighted by Gasteiger charge is 2.41. The normalized spacial score (nSPS) is 19.4. The Morgan fingerprint density at radius 3 is 2.59 bits per heavy atom. The number of fused-ring (bicyclic) bond motifs is 1. The first-order valence-corrected chi connectivity index (χ1v) is 13.5. The van der Waals surface area contributed by atoms with Gasteiger partial charge in [-0.15, -0.1) is 0 Å². The molecule has 198 valence electrons. The molecule has 8 heteroatoms. The molecule has 0 radical (unpaired) electrons. The molecule has 0 aromatic heterocycles. The van der Waals surface area contributed by atoms with Crippen LogP contribution in [0.3, 0.4) is 0 Å². The summed E-state index contributed by atoms with van der Waals surface area (Å²) < 4.78 is 0. The number of hydrogen-bond acceptors (Lipinski definition) is 5. The van der Waals surface area contributed by atoms with E-state index < -0.39 is 12.1 Å². The molecule has 0 bridgehead atoms. The van der Waals surface area contributed by atoms with Crippen LogP contribution in [0.15, 0.2) is 48.5 Å². The van der Waals surface area contributed by atoms with Crippen molar-refractivity contribution in [2.45, 2.75) is 75.9 Å². The van der Waals surface area contributed by atoms with E-state index in [1.54, 1.807) is 4.90 Å². The molecule has 8 nitrogen and oxygen atoms in total. The summed E-state index contributed by atoms with van der Waals surface area (Å²) in [5, 5.41) is 6.04. The van der Waals surface area contributed by atoms with Gasteiger partial charge in [0.05, 0.1) is 6.04 Å². The number of rotatable bonds is 11. The van der Waals surface area contributed by atoms with E-state index in [0.29, 0.717) is 32.2 Å². The van der Waals surface area contributed by atoms with Gasteiger partial charge in [-0.25, -0.2) is 0 Å². The first-order chi connectivity index (χ1) is 17.9. The Hall–Kier alpha value is -3.23. The monoisotopic (exact) mass is 505 g/mol. The topological polar surface area (TPSA) is 131 Å². The van der Waals surface area contributed by atoms with Gasteiger partial charge in [-0.2, -0.15) is 0 Å². The largest absolute Gasteiger partial charge is 0.351 e. The summed E-state index contributed by atoms with van der Waals surface area (Å²) in [6.07, 6.45) is 6.62. The second-order valence-corrected chi connectivity index (χ2v) is 10.2. The molecule has 3 atom stereocenters. The van der Waals surface area contributed by atoms with Gasteiger partial charge >= 0.3 is 0 Å². The average molecular weight is 506 g/mol. The lowest BCUT2D eigenvalue weighted by atomic mass is 10.1. The number of likely N-dealkylation sites (tertiary alicyclic amines) is 1. The molecule has 4 rings (SSSR count). The molecular formula is C29H39N5O3. The second-order valence-electron chi connectivity index (χ2n) is 10.2. The van der Waals surface area contributed by atoms with Crippen LogP contribution >= 0.6 is 0 Å². The third-order valence-corrected chi connectivity index (χ3v) is 7.37. The maximum absolute atomic E-state index is 13.3. The predicted molar refractivity (Wildman–Crippen MR) is 145 cm³/mol. The van der Waals surface area contributed by atoms with E-state index >= 15 is 0 Å². The van der Waals surface area contributed by atoms with Gasteiger partial charge in [-0.05, 0) is 86.7 Å². The Kier molecular flexibility index (Phi) is 9.30. The number of aryl methyl sites for hydroxylation is 3. The fourth-order valence-electron chi connectivity index (χ4n) is 5.38. The van der Waals surface area contributed by atoms with Gasteiger partial charge in [-0.1, -0.05) is 36.4 Å². The van der Waals surface area contributed by atoms with E-state index in [-0.39, 0.29) is 30.3 Å². The Morgan fingerprint density at radius 2 is 1.81 bits per heavy atom. The van der Waals surface area contributed by atoms with Crippen molar-refractivity contribution < 1.29 is 14.4 Å². The smallest absolute Gasteiger partial charge is 0.247 e. The summed E-state index contributed by atoms with van der Waals surface area (Å²) in [5.41, 5.74) is 16.3. The van der Waals surface area contributed by atoms with Crippen molar-refractivity contribution in [2.24, 2.45) is 11.5 Å². The molecule has 1 heterocycles. The van der Waals surface area contributed by atoms with E-state index in [1.807, 2.05) is 30.3 Å². The molecule has 0 unspecified atom stereocenters. The quantitative estimate of drug-likeness (QED) is 0.372. The molecule has 2 aromatic rings. The number of carbonyl (C=O) groups excluding carboxylic acids is 3. The third kappa shape index (κ3) is 7.17. The standard InChI is InChI=1S/C29H39N5O3/c30-16-6-12-25(31)29(37)34-19-24(32-27(35)13-4-9-20-7-2-1-3-8-20)18-26(34)28(36)33-23-15-14-21-10-5-11-22(21)17-23/h1-3,7-8,14-15,17,24-26H,4-6,9-13,16,18-19,30-31H2,(H,32,35)(H,33,36)/t24-,25+,26-/m0/s1. The number of hydrogen-bond donors (Lipinski definition) is 4. The Bertz CT molecular complexity index is 1090. The number of nitrogens with two attached hydrogens (primary N) is 2. The van der Waals surface area contributed by atoms with Crippen LogP contribution in [0.2, 0.25) is 0 Å². The molecule has 1 saturated heterocycles. The molecule has 0 saturated carbocycles. The molecule has 6 N–H and O–H groups in total. The lowest BCUT2D eigenvalue weighted by Crippen LogP contribution is -2.50. The summed E-state index contributed by atoms with van der Waals surface area (Å²) in [4.78, 5) is 40.8. The predicted octanol–water partition coefficient (Wildman–Crippen LogP) is 2.29. The summed E-state index contributed by atoms with van der Waals surface area (Å²) in [5.74, 6) is -0.595. The van der Waals surface area contributed by atoms with Crippen LogP contribution in [0.5, 0.6) is 0 Å². The molecule has 1 aliphatic heterocycles. The number of amides is 3. The van der Waals surface area contributed by atoms with Gasteiger partial charge in [0, 0.05) is 24.7 Å². The number of nitrogens with one attached hydrogen (secondary N) is 2. The summed E-state index contributed by atoms with van der Waals surface area (Å²) >= 11 is 0. The zero-order chi connectivity index (χ0) is 26.2. The van der Waals surface area contributed by atoms with Gasteiger partial charge in [-0.3, -0.25) is 14.4 Å². The van der Waals surface area contributed by atoms with E-state index in [0.717, 1.165) is 37.8 Å². The highest BCUT2D eigenvalue weighted by Crippen LogP contribution is 2.26. The number of nitrogens with zero attached hydrogens (tertiary/aromatic N) is 1. The van der Waals surface area contributed by atoms with Crippen LogP contribution in [0.25, 0.3) is 0 Å². The molecule has 37 heavy (non-hydrogen) atoms. The lowest BCUT2D eigenvalue weighted by molar-refractivity contribution is -0.138. The second kappa shape index (κ2) is 12.8. The molecule has 2 aliphatic rings. The molecule has 2 aromatic carbocycles. The van der Waals surface area contributed by atoms with Crippen molar-refractivity contribution in [3.05, 3.63) is 65.2 Å². The fourth-order valence-corrected chi connectivity index (χ4v) is 5.38. The van der Waals surface area contributed by atoms with Gasteiger partial charge in [0.25, 0.3) is 0 Å². The first-order valence-electron chi connectivity index (χ1n) is 13.5. The maximum atomic E-state index is 13.3. The lowest BCUT2D eigenvalue weighted by Gasteiger charge is -2.26. The highest BCUT2D eigenvalue weighted by atomic mass is 16.2. The number of carbonyl (C=O) groups is 3. The van der Waals surface area contributed by atoms with Crippen molar-refractivity contribution in [1.29, 1.82) is 0 Å². The third-order valence-electron chi connectivity index (χ3n) is 7.37. The molecule has 0 spiro atoms. The van der Waals surface area contributed by atoms with Crippen molar-refractivity contribution >= 4 is 23.4 Å². The van der Waals surface area contributed by atoms with Gasteiger partial charge < -0.3 is 27.0 Å². The van der Waals surface area contributed by atoms with Gasteiger partial charge in [0.1, 0.15) is 6.04 Å². The minimum Gasteiger partial charge on any atom is -0.351 e. The molecule has 1 aliphatic carbocycles. The minimum atomic E-state index is -0.723. The van der Waals surface area contributed by atoms with Crippen LogP contribution in [0.1, 0.15) is 55.2 Å². The van der Waals surface area contributed by atoms with Crippen LogP contribution in [-0.2, 0) is 33.6 Å². The van der Waals surface area contributed by atoms with Crippen molar-refractivity contribution in [3.63, 3.8) is 0 Å². The Labute approximate surface area is 219 Å². The maximum Gasteiger partial charge on any atom is 0.247 e. The molecule has 1 fully saturated rings. The van der Waals surface area contributed by atoms with Crippen LogP contribution < -0.4 is 22.1 Å². The van der Waals surface area contributed by atoms with E-state index in [9.17, 15) is 14.4 Å². The number of benzene rings is 2. The fraction of sp³-hybridized carbons (Fsp3) is 0.483. The minimum absolute atomic E-state index is 0.0690. The summed E-state index contributed by atoms with van der Waals surface area (Å²) in [7, 11) is 0. The van der Waals surface area contributed by atoms with Crippen molar-refractivity contribution in [3.8, 4) is 0 Å². The van der Waals surface area contributed by atoms with Crippen LogP contribution in [0.4, 0.5) is 5.69 Å². The zero-order valence-corrected chi connectivity index (χ0v) is 21.5. The molecule has 3 amide bonds. The van der Waals surface area contributed by atoms with E-state index in [2.05, 4.69) is 28.8 Å². The van der Waals surface area contributed by atoms with Gasteiger partial charge in [0.15, 0.2) is 0 Å². The van der Waals surface area contributed by atoms with Crippen LogP contribution in [0, 0.1) is 0 Å². The highest BCUT2D eigenvalue weighted by molar-refractivity contribution is 5.98. The summed E-state index contributed by atoms with van der Waals surface area (Å²) in [6.45, 7) is 0.715. The first kappa shape index (κ1) is 26.8. The number of anilines is 1. The van der Waals surface area contributed by atoms with E-state index in [1.165, 1.54) is 16.7 Å². The summed E-state index contributed by atoms with van der Waals surface area (Å²) in [6, 6.07) is 14.4. The van der Waals surface area contributed by atoms with Gasteiger partial charge in [0.2, 0.25) is 17.7 Å². The average Bonchev–Trinajstić information content (AvgIpc) is 3.54. The molecular weight excluding hydrogens is 466 g/mol. The van der Waals surface area contributed by atoms with Crippen molar-refractivity contribution in [1.82, 2.24) is 10.2 Å².